The molecule has 0 aromatic rings. The second-order valence-corrected chi connectivity index (χ2v) is 5.42. The van der Waals surface area contributed by atoms with E-state index in [4.69, 9.17) is 5.11 Å². The molecule has 0 unspecified atom stereocenters. The molecule has 0 spiro atoms. The van der Waals surface area contributed by atoms with Gasteiger partial charge in [0.25, 0.3) is 5.91 Å². The standard InChI is InChI=1S/C11H17N3O5/c1-10(2)7(16)14(9(19)13-10)5-6(15)12-11(3,4)8(17)18/h5H2,1-4H3,(H,12,15)(H,13,19)(H,17,18). The summed E-state index contributed by atoms with van der Waals surface area (Å²) in [6, 6.07) is -0.668. The van der Waals surface area contributed by atoms with Gasteiger partial charge in [0.1, 0.15) is 17.6 Å². The van der Waals surface area contributed by atoms with Crippen LogP contribution in [0.3, 0.4) is 0 Å². The number of urea groups is 1. The smallest absolute Gasteiger partial charge is 0.328 e. The molecule has 1 fully saturated rings. The molecule has 0 saturated carbocycles. The monoisotopic (exact) mass is 271 g/mol. The molecule has 4 amide bonds. The minimum atomic E-state index is -1.47. The first-order valence-corrected chi connectivity index (χ1v) is 5.66. The van der Waals surface area contributed by atoms with E-state index in [-0.39, 0.29) is 0 Å². The second kappa shape index (κ2) is 4.52. The normalized spacial score (nSPS) is 18.2. The van der Waals surface area contributed by atoms with Gasteiger partial charge in [0.05, 0.1) is 0 Å². The average Bonchev–Trinajstić information content (AvgIpc) is 2.39. The van der Waals surface area contributed by atoms with Gasteiger partial charge in [0.2, 0.25) is 5.91 Å². The first kappa shape index (κ1) is 14.9. The third kappa shape index (κ3) is 3.01. The van der Waals surface area contributed by atoms with Gasteiger partial charge >= 0.3 is 12.0 Å². The first-order valence-electron chi connectivity index (χ1n) is 5.66. The van der Waals surface area contributed by atoms with Crippen LogP contribution in [-0.2, 0) is 14.4 Å². The molecular formula is C11H17N3O5. The Morgan fingerprint density at radius 3 is 2.26 bits per heavy atom. The zero-order chi connectivity index (χ0) is 15.0. The van der Waals surface area contributed by atoms with Crippen LogP contribution in [0, 0.1) is 0 Å². The van der Waals surface area contributed by atoms with E-state index in [0.717, 1.165) is 4.90 Å². The minimum Gasteiger partial charge on any atom is -0.480 e. The topological polar surface area (TPSA) is 116 Å². The Morgan fingerprint density at radius 2 is 1.89 bits per heavy atom. The Kier molecular flexibility index (Phi) is 3.56. The van der Waals surface area contributed by atoms with Gasteiger partial charge in [-0.3, -0.25) is 14.5 Å². The van der Waals surface area contributed by atoms with E-state index in [9.17, 15) is 19.2 Å². The zero-order valence-electron chi connectivity index (χ0n) is 11.2. The van der Waals surface area contributed by atoms with Gasteiger partial charge in [-0.2, -0.15) is 0 Å². The molecule has 19 heavy (non-hydrogen) atoms. The first-order chi connectivity index (χ1) is 8.47. The van der Waals surface area contributed by atoms with Crippen molar-refractivity contribution in [3.63, 3.8) is 0 Å². The van der Waals surface area contributed by atoms with E-state index < -0.39 is 41.4 Å². The number of nitrogens with one attached hydrogen (secondary N) is 2. The highest BCUT2D eigenvalue weighted by molar-refractivity contribution is 6.08. The molecule has 0 radical (unpaired) electrons. The molecule has 1 aliphatic rings. The summed E-state index contributed by atoms with van der Waals surface area (Å²) >= 11 is 0. The van der Waals surface area contributed by atoms with Crippen molar-refractivity contribution < 1.29 is 24.3 Å². The Labute approximate surface area is 110 Å². The van der Waals surface area contributed by atoms with Gasteiger partial charge < -0.3 is 15.7 Å². The fraction of sp³-hybridized carbons (Fsp3) is 0.636. The molecule has 1 rings (SSSR count). The van der Waals surface area contributed by atoms with Crippen molar-refractivity contribution in [3.05, 3.63) is 0 Å². The molecule has 1 aliphatic heterocycles. The fourth-order valence-electron chi connectivity index (χ4n) is 1.55. The van der Waals surface area contributed by atoms with E-state index in [1.807, 2.05) is 0 Å². The summed E-state index contributed by atoms with van der Waals surface area (Å²) in [6.45, 7) is 5.15. The van der Waals surface area contributed by atoms with Crippen molar-refractivity contribution in [3.8, 4) is 0 Å². The number of hydrogen-bond acceptors (Lipinski definition) is 4. The Morgan fingerprint density at radius 1 is 1.37 bits per heavy atom. The number of rotatable bonds is 4. The molecule has 0 atom stereocenters. The number of aliphatic carboxylic acids is 1. The average molecular weight is 271 g/mol. The highest BCUT2D eigenvalue weighted by atomic mass is 16.4. The van der Waals surface area contributed by atoms with Crippen LogP contribution < -0.4 is 10.6 Å². The zero-order valence-corrected chi connectivity index (χ0v) is 11.2. The lowest BCUT2D eigenvalue weighted by atomic mass is 10.1. The van der Waals surface area contributed by atoms with Crippen molar-refractivity contribution in [2.24, 2.45) is 0 Å². The van der Waals surface area contributed by atoms with E-state index in [1.54, 1.807) is 0 Å². The van der Waals surface area contributed by atoms with Crippen molar-refractivity contribution >= 4 is 23.8 Å². The quantitative estimate of drug-likeness (QED) is 0.584. The predicted octanol–water partition coefficient (Wildman–Crippen LogP) is -0.704. The third-order valence-corrected chi connectivity index (χ3v) is 2.73. The summed E-state index contributed by atoms with van der Waals surface area (Å²) in [5, 5.41) is 13.5. The molecule has 3 N–H and O–H groups in total. The summed E-state index contributed by atoms with van der Waals surface area (Å²) in [4.78, 5) is 46.6. The molecule has 0 aliphatic carbocycles. The fourth-order valence-corrected chi connectivity index (χ4v) is 1.55. The van der Waals surface area contributed by atoms with Gasteiger partial charge in [-0.1, -0.05) is 0 Å². The maximum absolute atomic E-state index is 11.8. The lowest BCUT2D eigenvalue weighted by molar-refractivity contribution is -0.146. The lowest BCUT2D eigenvalue weighted by Crippen LogP contribution is -2.53. The van der Waals surface area contributed by atoms with Crippen LogP contribution in [0.25, 0.3) is 0 Å². The number of hydrogen-bond donors (Lipinski definition) is 3. The number of nitrogens with zero attached hydrogens (tertiary/aromatic N) is 1. The predicted molar refractivity (Wildman–Crippen MR) is 64.2 cm³/mol. The van der Waals surface area contributed by atoms with Gasteiger partial charge in [0.15, 0.2) is 0 Å². The second-order valence-electron chi connectivity index (χ2n) is 5.42. The van der Waals surface area contributed by atoms with E-state index in [2.05, 4.69) is 10.6 Å². The SMILES string of the molecule is CC(C)(NC(=O)CN1C(=O)NC(C)(C)C1=O)C(=O)O. The molecule has 8 heteroatoms. The maximum atomic E-state index is 11.8. The van der Waals surface area contributed by atoms with Crippen LogP contribution in [0.15, 0.2) is 0 Å². The van der Waals surface area contributed by atoms with Crippen molar-refractivity contribution in [1.29, 1.82) is 0 Å². The van der Waals surface area contributed by atoms with Gasteiger partial charge in [-0.25, -0.2) is 9.59 Å². The molecule has 0 bridgehead atoms. The molecule has 8 nitrogen and oxygen atoms in total. The Balaban J connectivity index is 2.71. The van der Waals surface area contributed by atoms with E-state index >= 15 is 0 Å². The third-order valence-electron chi connectivity index (χ3n) is 2.73. The number of carbonyl (C=O) groups excluding carboxylic acids is 3. The van der Waals surface area contributed by atoms with E-state index in [1.165, 1.54) is 27.7 Å². The number of carboxylic acids is 1. The molecule has 0 aromatic heterocycles. The van der Waals surface area contributed by atoms with Crippen LogP contribution in [-0.4, -0.2) is 51.4 Å². The molecule has 1 heterocycles. The summed E-state index contributed by atoms with van der Waals surface area (Å²) in [6.07, 6.45) is 0. The van der Waals surface area contributed by atoms with Gasteiger partial charge in [0, 0.05) is 0 Å². The minimum absolute atomic E-state index is 0.509. The highest BCUT2D eigenvalue weighted by Crippen LogP contribution is 2.16. The molecular weight excluding hydrogens is 254 g/mol. The molecule has 0 aromatic carbocycles. The van der Waals surface area contributed by atoms with Crippen molar-refractivity contribution in [2.45, 2.75) is 38.8 Å². The summed E-state index contributed by atoms with van der Waals surface area (Å²) in [5.41, 5.74) is -2.52. The Bertz CT molecular complexity index is 455. The number of carboxylic acid groups (broad SMARTS) is 1. The molecule has 106 valence electrons. The summed E-state index contributed by atoms with van der Waals surface area (Å²) in [7, 11) is 0. The highest BCUT2D eigenvalue weighted by Gasteiger charge is 2.45. The van der Waals surface area contributed by atoms with Crippen LogP contribution in [0.2, 0.25) is 0 Å². The van der Waals surface area contributed by atoms with Crippen LogP contribution >= 0.6 is 0 Å². The molecule has 1 saturated heterocycles. The summed E-state index contributed by atoms with van der Waals surface area (Å²) < 4.78 is 0. The van der Waals surface area contributed by atoms with Crippen LogP contribution in [0.1, 0.15) is 27.7 Å². The van der Waals surface area contributed by atoms with Crippen molar-refractivity contribution in [2.75, 3.05) is 6.54 Å². The Hall–Kier alpha value is -2.12. The number of carbonyl (C=O) groups is 4. The van der Waals surface area contributed by atoms with Gasteiger partial charge in [-0.15, -0.1) is 0 Å². The maximum Gasteiger partial charge on any atom is 0.328 e. The van der Waals surface area contributed by atoms with Crippen LogP contribution in [0.5, 0.6) is 0 Å². The van der Waals surface area contributed by atoms with Crippen molar-refractivity contribution in [1.82, 2.24) is 15.5 Å². The van der Waals surface area contributed by atoms with E-state index in [0.29, 0.717) is 0 Å². The number of amides is 4. The lowest BCUT2D eigenvalue weighted by Gasteiger charge is -2.22. The number of imide groups is 1. The summed E-state index contributed by atoms with van der Waals surface area (Å²) in [5.74, 6) is -2.45. The van der Waals surface area contributed by atoms with Crippen LogP contribution in [0.4, 0.5) is 4.79 Å². The van der Waals surface area contributed by atoms with Gasteiger partial charge in [-0.05, 0) is 27.7 Å². The largest absolute Gasteiger partial charge is 0.480 e.